The molecule has 0 aromatic heterocycles. The molecule has 4 heteroatoms. The zero-order valence-electron chi connectivity index (χ0n) is 10.2. The summed E-state index contributed by atoms with van der Waals surface area (Å²) in [5, 5.41) is 7.15. The number of hydrogen-bond acceptors (Lipinski definition) is 2. The first-order valence-corrected chi connectivity index (χ1v) is 6.63. The quantitative estimate of drug-likeness (QED) is 0.462. The molecule has 0 saturated heterocycles. The molecule has 0 bridgehead atoms. The standard InChI is InChI=1S/C13H20BrN3/c1-17(9-5-4-8-13(15)16)10-11-6-2-3-7-12(11)14/h2-3,6-7H,4-5,8-10H2,1H3,(H3,15,16). The van der Waals surface area contributed by atoms with E-state index in [-0.39, 0.29) is 0 Å². The van der Waals surface area contributed by atoms with E-state index in [4.69, 9.17) is 11.1 Å². The Morgan fingerprint density at radius 2 is 2.06 bits per heavy atom. The van der Waals surface area contributed by atoms with Crippen LogP contribution in [-0.2, 0) is 6.54 Å². The van der Waals surface area contributed by atoms with E-state index >= 15 is 0 Å². The second kappa shape index (κ2) is 7.45. The van der Waals surface area contributed by atoms with Crippen LogP contribution in [0.5, 0.6) is 0 Å². The molecule has 0 spiro atoms. The monoisotopic (exact) mass is 297 g/mol. The predicted molar refractivity (Wildman–Crippen MR) is 76.2 cm³/mol. The molecule has 0 atom stereocenters. The van der Waals surface area contributed by atoms with Gasteiger partial charge in [-0.05, 0) is 38.1 Å². The molecule has 0 saturated carbocycles. The third-order valence-electron chi connectivity index (χ3n) is 2.63. The van der Waals surface area contributed by atoms with Crippen LogP contribution in [0, 0.1) is 5.41 Å². The fourth-order valence-corrected chi connectivity index (χ4v) is 2.10. The average molecular weight is 298 g/mol. The lowest BCUT2D eigenvalue weighted by Gasteiger charge is -2.17. The second-order valence-corrected chi connectivity index (χ2v) is 5.17. The summed E-state index contributed by atoms with van der Waals surface area (Å²) < 4.78 is 1.16. The molecule has 3 nitrogen and oxygen atoms in total. The fraction of sp³-hybridized carbons (Fsp3) is 0.462. The molecule has 1 aromatic rings. The number of rotatable bonds is 7. The van der Waals surface area contributed by atoms with Crippen molar-refractivity contribution in [3.8, 4) is 0 Å². The highest BCUT2D eigenvalue weighted by atomic mass is 79.9. The number of amidine groups is 1. The molecule has 0 unspecified atom stereocenters. The SMILES string of the molecule is CN(CCCCC(=N)N)Cc1ccccc1Br. The first-order chi connectivity index (χ1) is 8.09. The molecule has 1 aromatic carbocycles. The molecular weight excluding hydrogens is 278 g/mol. The Hall–Kier alpha value is -0.870. The molecule has 0 amide bonds. The largest absolute Gasteiger partial charge is 0.388 e. The Labute approximate surface area is 112 Å². The maximum absolute atomic E-state index is 7.15. The third-order valence-corrected chi connectivity index (χ3v) is 3.41. The molecule has 0 aliphatic rings. The van der Waals surface area contributed by atoms with Gasteiger partial charge in [0.1, 0.15) is 0 Å². The second-order valence-electron chi connectivity index (χ2n) is 4.31. The number of benzene rings is 1. The minimum Gasteiger partial charge on any atom is -0.388 e. The van der Waals surface area contributed by atoms with Gasteiger partial charge in [-0.2, -0.15) is 0 Å². The van der Waals surface area contributed by atoms with Crippen LogP contribution < -0.4 is 5.73 Å². The number of nitrogens with zero attached hydrogens (tertiary/aromatic N) is 1. The lowest BCUT2D eigenvalue weighted by Crippen LogP contribution is -2.20. The summed E-state index contributed by atoms with van der Waals surface area (Å²) in [5.41, 5.74) is 6.62. The van der Waals surface area contributed by atoms with Crippen LogP contribution in [0.15, 0.2) is 28.7 Å². The van der Waals surface area contributed by atoms with E-state index in [2.05, 4.69) is 46.1 Å². The van der Waals surface area contributed by atoms with Crippen molar-refractivity contribution in [2.24, 2.45) is 5.73 Å². The van der Waals surface area contributed by atoms with Crippen molar-refractivity contribution < 1.29 is 0 Å². The van der Waals surface area contributed by atoms with Crippen LogP contribution in [0.1, 0.15) is 24.8 Å². The van der Waals surface area contributed by atoms with Crippen molar-refractivity contribution in [1.29, 1.82) is 5.41 Å². The van der Waals surface area contributed by atoms with Gasteiger partial charge in [-0.3, -0.25) is 5.41 Å². The molecule has 3 N–H and O–H groups in total. The Kier molecular flexibility index (Phi) is 6.22. The van der Waals surface area contributed by atoms with Crippen molar-refractivity contribution >= 4 is 21.8 Å². The molecule has 0 radical (unpaired) electrons. The predicted octanol–water partition coefficient (Wildman–Crippen LogP) is 2.99. The highest BCUT2D eigenvalue weighted by Gasteiger charge is 2.03. The van der Waals surface area contributed by atoms with Gasteiger partial charge in [0.15, 0.2) is 0 Å². The lowest BCUT2D eigenvalue weighted by molar-refractivity contribution is 0.319. The van der Waals surface area contributed by atoms with Gasteiger partial charge in [-0.1, -0.05) is 34.1 Å². The summed E-state index contributed by atoms with van der Waals surface area (Å²) in [6.45, 7) is 1.98. The Morgan fingerprint density at radius 1 is 1.35 bits per heavy atom. The highest BCUT2D eigenvalue weighted by Crippen LogP contribution is 2.17. The average Bonchev–Trinajstić information content (AvgIpc) is 2.27. The van der Waals surface area contributed by atoms with Gasteiger partial charge in [0.2, 0.25) is 0 Å². The van der Waals surface area contributed by atoms with Gasteiger partial charge in [0.25, 0.3) is 0 Å². The molecule has 1 rings (SSSR count). The van der Waals surface area contributed by atoms with E-state index in [1.54, 1.807) is 0 Å². The minimum absolute atomic E-state index is 0.290. The molecule has 0 aliphatic heterocycles. The van der Waals surface area contributed by atoms with Crippen molar-refractivity contribution in [3.63, 3.8) is 0 Å². The maximum Gasteiger partial charge on any atom is 0.0905 e. The van der Waals surface area contributed by atoms with Gasteiger partial charge >= 0.3 is 0 Å². The zero-order valence-corrected chi connectivity index (χ0v) is 11.8. The molecule has 0 fully saturated rings. The lowest BCUT2D eigenvalue weighted by atomic mass is 10.2. The van der Waals surface area contributed by atoms with E-state index < -0.39 is 0 Å². The summed E-state index contributed by atoms with van der Waals surface area (Å²) in [5.74, 6) is 0.290. The number of nitrogens with one attached hydrogen (secondary N) is 1. The van der Waals surface area contributed by atoms with E-state index in [0.717, 1.165) is 30.4 Å². The number of unbranched alkanes of at least 4 members (excludes halogenated alkanes) is 1. The van der Waals surface area contributed by atoms with Gasteiger partial charge in [0.05, 0.1) is 5.84 Å². The van der Waals surface area contributed by atoms with Gasteiger partial charge < -0.3 is 10.6 Å². The van der Waals surface area contributed by atoms with Crippen molar-refractivity contribution in [2.45, 2.75) is 25.8 Å². The fourth-order valence-electron chi connectivity index (χ4n) is 1.69. The zero-order chi connectivity index (χ0) is 12.7. The van der Waals surface area contributed by atoms with E-state index in [9.17, 15) is 0 Å². The van der Waals surface area contributed by atoms with Crippen LogP contribution in [0.4, 0.5) is 0 Å². The van der Waals surface area contributed by atoms with Crippen LogP contribution in [-0.4, -0.2) is 24.3 Å². The summed E-state index contributed by atoms with van der Waals surface area (Å²) in [6, 6.07) is 8.29. The Bertz CT molecular complexity index is 365. The van der Waals surface area contributed by atoms with Crippen molar-refractivity contribution in [2.75, 3.05) is 13.6 Å². The van der Waals surface area contributed by atoms with Crippen molar-refractivity contribution in [1.82, 2.24) is 4.90 Å². The normalized spacial score (nSPS) is 10.8. The van der Waals surface area contributed by atoms with Gasteiger partial charge in [-0.25, -0.2) is 0 Å². The molecule has 0 aliphatic carbocycles. The van der Waals surface area contributed by atoms with Gasteiger partial charge in [-0.15, -0.1) is 0 Å². The first kappa shape index (κ1) is 14.2. The summed E-state index contributed by atoms with van der Waals surface area (Å²) in [4.78, 5) is 2.29. The van der Waals surface area contributed by atoms with Crippen LogP contribution >= 0.6 is 15.9 Å². The Morgan fingerprint density at radius 3 is 2.71 bits per heavy atom. The Balaban J connectivity index is 2.27. The van der Waals surface area contributed by atoms with E-state index in [0.29, 0.717) is 12.3 Å². The number of hydrogen-bond donors (Lipinski definition) is 2. The van der Waals surface area contributed by atoms with E-state index in [1.807, 2.05) is 6.07 Å². The van der Waals surface area contributed by atoms with Gasteiger partial charge in [0, 0.05) is 17.4 Å². The summed E-state index contributed by atoms with van der Waals surface area (Å²) in [7, 11) is 2.12. The minimum atomic E-state index is 0.290. The topological polar surface area (TPSA) is 53.1 Å². The number of halogens is 1. The third kappa shape index (κ3) is 5.84. The smallest absolute Gasteiger partial charge is 0.0905 e. The molecule has 17 heavy (non-hydrogen) atoms. The van der Waals surface area contributed by atoms with Crippen LogP contribution in [0.25, 0.3) is 0 Å². The maximum atomic E-state index is 7.15. The summed E-state index contributed by atoms with van der Waals surface area (Å²) >= 11 is 3.55. The molecule has 94 valence electrons. The molecule has 0 heterocycles. The highest BCUT2D eigenvalue weighted by molar-refractivity contribution is 9.10. The van der Waals surface area contributed by atoms with Crippen LogP contribution in [0.3, 0.4) is 0 Å². The number of nitrogens with two attached hydrogens (primary N) is 1. The molecular formula is C13H20BrN3. The van der Waals surface area contributed by atoms with E-state index in [1.165, 1.54) is 5.56 Å². The van der Waals surface area contributed by atoms with Crippen LogP contribution in [0.2, 0.25) is 0 Å². The first-order valence-electron chi connectivity index (χ1n) is 5.84. The summed E-state index contributed by atoms with van der Waals surface area (Å²) in [6.07, 6.45) is 2.79. The van der Waals surface area contributed by atoms with Crippen molar-refractivity contribution in [3.05, 3.63) is 34.3 Å².